The molecule has 0 fully saturated rings. The van der Waals surface area contributed by atoms with Gasteiger partial charge in [-0.25, -0.2) is 0 Å². The van der Waals surface area contributed by atoms with Gasteiger partial charge in [0.15, 0.2) is 0 Å². The number of hydrogen-bond donors (Lipinski definition) is 1. The van der Waals surface area contributed by atoms with E-state index in [0.29, 0.717) is 11.5 Å². The van der Waals surface area contributed by atoms with E-state index in [1.54, 1.807) is 6.07 Å². The van der Waals surface area contributed by atoms with Crippen LogP contribution in [0.25, 0.3) is 0 Å². The lowest BCUT2D eigenvalue weighted by Gasteiger charge is -2.12. The Bertz CT molecular complexity index is 313. The molecule has 0 spiro atoms. The molecule has 0 aliphatic heterocycles. The fourth-order valence-electron chi connectivity index (χ4n) is 1.48. The molecule has 0 aliphatic rings. The minimum atomic E-state index is -0.0428. The van der Waals surface area contributed by atoms with Crippen LogP contribution in [0.3, 0.4) is 0 Å². The Morgan fingerprint density at radius 3 is 2.60 bits per heavy atom. The molecule has 0 unspecified atom stereocenters. The zero-order valence-electron chi connectivity index (χ0n) is 9.67. The first-order valence-corrected chi connectivity index (χ1v) is 5.50. The average molecular weight is 209 g/mol. The summed E-state index contributed by atoms with van der Waals surface area (Å²) in [6.07, 6.45) is 3.69. The minimum Gasteiger partial charge on any atom is -0.469 e. The Balaban J connectivity index is 2.42. The fraction of sp³-hybridized carbons (Fsp3) is 0.583. The van der Waals surface area contributed by atoms with Crippen LogP contribution in [0.15, 0.2) is 16.7 Å². The van der Waals surface area contributed by atoms with Crippen LogP contribution in [-0.2, 0) is 0 Å². The summed E-state index contributed by atoms with van der Waals surface area (Å²) in [5.74, 6) is 1.29. The van der Waals surface area contributed by atoms with Crippen LogP contribution in [0, 0.1) is 12.8 Å². The normalized spacial score (nSPS) is 10.7. The van der Waals surface area contributed by atoms with Gasteiger partial charge in [-0.1, -0.05) is 26.7 Å². The zero-order valence-corrected chi connectivity index (χ0v) is 9.67. The Morgan fingerprint density at radius 2 is 2.13 bits per heavy atom. The third kappa shape index (κ3) is 3.42. The van der Waals surface area contributed by atoms with E-state index in [-0.39, 0.29) is 5.91 Å². The highest BCUT2D eigenvalue weighted by Crippen LogP contribution is 2.08. The molecule has 0 aliphatic carbocycles. The first kappa shape index (κ1) is 11.8. The van der Waals surface area contributed by atoms with E-state index < -0.39 is 0 Å². The molecule has 1 rings (SSSR count). The van der Waals surface area contributed by atoms with Crippen LogP contribution in [0.5, 0.6) is 0 Å². The maximum Gasteiger partial charge on any atom is 0.254 e. The second-order valence-electron chi connectivity index (χ2n) is 3.84. The SMILES string of the molecule is CCC(CC)CNC(=O)c1coc(C)c1. The second-order valence-corrected chi connectivity index (χ2v) is 3.84. The van der Waals surface area contributed by atoms with Gasteiger partial charge < -0.3 is 9.73 Å². The van der Waals surface area contributed by atoms with Crippen LogP contribution in [-0.4, -0.2) is 12.5 Å². The van der Waals surface area contributed by atoms with Crippen molar-refractivity contribution in [1.29, 1.82) is 0 Å². The first-order chi connectivity index (χ1) is 7.17. The van der Waals surface area contributed by atoms with Crippen molar-refractivity contribution in [2.24, 2.45) is 5.92 Å². The predicted molar refractivity (Wildman–Crippen MR) is 59.9 cm³/mol. The maximum absolute atomic E-state index is 11.6. The summed E-state index contributed by atoms with van der Waals surface area (Å²) in [5, 5.41) is 2.92. The van der Waals surface area contributed by atoms with Crippen molar-refractivity contribution >= 4 is 5.91 Å². The van der Waals surface area contributed by atoms with E-state index in [1.165, 1.54) is 6.26 Å². The van der Waals surface area contributed by atoms with Crippen molar-refractivity contribution < 1.29 is 9.21 Å². The molecule has 1 aromatic heterocycles. The van der Waals surface area contributed by atoms with E-state index in [0.717, 1.165) is 25.1 Å². The fourth-order valence-corrected chi connectivity index (χ4v) is 1.48. The molecule has 0 saturated carbocycles. The highest BCUT2D eigenvalue weighted by atomic mass is 16.3. The summed E-state index contributed by atoms with van der Waals surface area (Å²) < 4.78 is 5.08. The molecule has 84 valence electrons. The topological polar surface area (TPSA) is 42.2 Å². The lowest BCUT2D eigenvalue weighted by molar-refractivity contribution is 0.0946. The van der Waals surface area contributed by atoms with Crippen LogP contribution in [0.2, 0.25) is 0 Å². The summed E-state index contributed by atoms with van der Waals surface area (Å²) in [5.41, 5.74) is 0.610. The van der Waals surface area contributed by atoms with Crippen molar-refractivity contribution in [3.63, 3.8) is 0 Å². The van der Waals surface area contributed by atoms with Gasteiger partial charge in [-0.05, 0) is 18.9 Å². The van der Waals surface area contributed by atoms with Crippen molar-refractivity contribution in [1.82, 2.24) is 5.32 Å². The lowest BCUT2D eigenvalue weighted by Crippen LogP contribution is -2.28. The van der Waals surface area contributed by atoms with Gasteiger partial charge in [0.05, 0.1) is 5.56 Å². The smallest absolute Gasteiger partial charge is 0.254 e. The summed E-state index contributed by atoms with van der Waals surface area (Å²) in [6, 6.07) is 1.75. The number of rotatable bonds is 5. The number of amides is 1. The van der Waals surface area contributed by atoms with Gasteiger partial charge in [0.25, 0.3) is 5.91 Å². The zero-order chi connectivity index (χ0) is 11.3. The molecule has 3 nitrogen and oxygen atoms in total. The first-order valence-electron chi connectivity index (χ1n) is 5.50. The summed E-state index contributed by atoms with van der Waals surface area (Å²) in [4.78, 5) is 11.6. The van der Waals surface area contributed by atoms with Crippen LogP contribution < -0.4 is 5.32 Å². The summed E-state index contributed by atoms with van der Waals surface area (Å²) in [7, 11) is 0. The Labute approximate surface area is 90.9 Å². The van der Waals surface area contributed by atoms with E-state index >= 15 is 0 Å². The molecule has 0 radical (unpaired) electrons. The van der Waals surface area contributed by atoms with Gasteiger partial charge in [-0.3, -0.25) is 4.79 Å². The predicted octanol–water partition coefficient (Wildman–Crippen LogP) is 2.75. The van der Waals surface area contributed by atoms with Crippen molar-refractivity contribution in [3.8, 4) is 0 Å². The molecule has 0 bridgehead atoms. The third-order valence-corrected chi connectivity index (χ3v) is 2.70. The van der Waals surface area contributed by atoms with Crippen LogP contribution in [0.1, 0.15) is 42.8 Å². The van der Waals surface area contributed by atoms with Gasteiger partial charge in [0.2, 0.25) is 0 Å². The quantitative estimate of drug-likeness (QED) is 0.810. The monoisotopic (exact) mass is 209 g/mol. The molecule has 15 heavy (non-hydrogen) atoms. The maximum atomic E-state index is 11.6. The third-order valence-electron chi connectivity index (χ3n) is 2.70. The number of carbonyl (C=O) groups is 1. The number of nitrogens with one attached hydrogen (secondary N) is 1. The Hall–Kier alpha value is -1.25. The van der Waals surface area contributed by atoms with E-state index in [1.807, 2.05) is 6.92 Å². The molecule has 1 aromatic rings. The lowest BCUT2D eigenvalue weighted by atomic mass is 10.0. The highest BCUT2D eigenvalue weighted by Gasteiger charge is 2.10. The van der Waals surface area contributed by atoms with Gasteiger partial charge in [-0.15, -0.1) is 0 Å². The van der Waals surface area contributed by atoms with E-state index in [4.69, 9.17) is 4.42 Å². The molecule has 1 heterocycles. The molecule has 1 amide bonds. The summed E-state index contributed by atoms with van der Waals surface area (Å²) in [6.45, 7) is 6.86. The number of hydrogen-bond acceptors (Lipinski definition) is 2. The van der Waals surface area contributed by atoms with Gasteiger partial charge in [-0.2, -0.15) is 0 Å². The van der Waals surface area contributed by atoms with Crippen molar-refractivity contribution in [3.05, 3.63) is 23.7 Å². The van der Waals surface area contributed by atoms with E-state index in [2.05, 4.69) is 19.2 Å². The average Bonchev–Trinajstić information content (AvgIpc) is 2.66. The summed E-state index contributed by atoms with van der Waals surface area (Å²) >= 11 is 0. The Kier molecular flexibility index (Phi) is 4.40. The number of carbonyl (C=O) groups excluding carboxylic acids is 1. The van der Waals surface area contributed by atoms with E-state index in [9.17, 15) is 4.79 Å². The van der Waals surface area contributed by atoms with Crippen LogP contribution in [0.4, 0.5) is 0 Å². The molecule has 0 saturated heterocycles. The molecule has 1 N–H and O–H groups in total. The van der Waals surface area contributed by atoms with Crippen LogP contribution >= 0.6 is 0 Å². The standard InChI is InChI=1S/C12H19NO2/c1-4-10(5-2)7-13-12(14)11-6-9(3)15-8-11/h6,8,10H,4-5,7H2,1-3H3,(H,13,14). The highest BCUT2D eigenvalue weighted by molar-refractivity contribution is 5.93. The Morgan fingerprint density at radius 1 is 1.47 bits per heavy atom. The van der Waals surface area contributed by atoms with Crippen molar-refractivity contribution in [2.45, 2.75) is 33.6 Å². The van der Waals surface area contributed by atoms with Gasteiger partial charge in [0.1, 0.15) is 12.0 Å². The molecule has 3 heteroatoms. The number of furan rings is 1. The minimum absolute atomic E-state index is 0.0428. The second kappa shape index (κ2) is 5.59. The number of aryl methyl sites for hydroxylation is 1. The van der Waals surface area contributed by atoms with Gasteiger partial charge in [0, 0.05) is 6.54 Å². The molecular formula is C12H19NO2. The molecular weight excluding hydrogens is 190 g/mol. The molecule has 0 atom stereocenters. The van der Waals surface area contributed by atoms with Gasteiger partial charge >= 0.3 is 0 Å². The largest absolute Gasteiger partial charge is 0.469 e. The molecule has 0 aromatic carbocycles. The van der Waals surface area contributed by atoms with Crippen molar-refractivity contribution in [2.75, 3.05) is 6.54 Å².